The van der Waals surface area contributed by atoms with Crippen molar-refractivity contribution in [3.63, 3.8) is 0 Å². The van der Waals surface area contributed by atoms with Crippen molar-refractivity contribution in [3.05, 3.63) is 29.0 Å². The van der Waals surface area contributed by atoms with Crippen molar-refractivity contribution >= 4 is 21.6 Å². The maximum absolute atomic E-state index is 12.9. The molecule has 1 aromatic carbocycles. The minimum Gasteiger partial charge on any atom is -0.339 e. The van der Waals surface area contributed by atoms with Gasteiger partial charge in [0.25, 0.3) is 0 Å². The number of hydrogen-bond acceptors (Lipinski definition) is 2. The van der Waals surface area contributed by atoms with Gasteiger partial charge in [0.1, 0.15) is 5.82 Å². The second kappa shape index (κ2) is 5.77. The van der Waals surface area contributed by atoms with Gasteiger partial charge in [-0.1, -0.05) is 11.6 Å². The molecule has 0 spiro atoms. The molecule has 96 valence electrons. The molecule has 0 unspecified atom stereocenters. The summed E-state index contributed by atoms with van der Waals surface area (Å²) < 4.78 is 38.9. The maximum Gasteiger partial charge on any atom is 0.240 e. The molecule has 4 nitrogen and oxygen atoms in total. The topological polar surface area (TPSA) is 50.6 Å². The summed E-state index contributed by atoms with van der Waals surface area (Å²) in [6.45, 7) is 0.980. The highest BCUT2D eigenvalue weighted by molar-refractivity contribution is 7.89. The van der Waals surface area contributed by atoms with Crippen LogP contribution in [0.15, 0.2) is 23.1 Å². The van der Waals surface area contributed by atoms with Gasteiger partial charge in [-0.3, -0.25) is 0 Å². The summed E-state index contributed by atoms with van der Waals surface area (Å²) in [6, 6.07) is 3.32. The minimum atomic E-state index is -3.61. The van der Waals surface area contributed by atoms with Crippen molar-refractivity contribution in [2.24, 2.45) is 0 Å². The molecule has 1 aromatic rings. The lowest BCUT2D eigenvalue weighted by molar-refractivity contribution is -0.856. The normalized spacial score (nSPS) is 12.1. The zero-order valence-electron chi connectivity index (χ0n) is 9.63. The molecule has 0 aliphatic heterocycles. The zero-order valence-corrected chi connectivity index (χ0v) is 11.2. The van der Waals surface area contributed by atoms with Gasteiger partial charge in [-0.25, -0.2) is 17.5 Å². The van der Waals surface area contributed by atoms with Gasteiger partial charge in [0.05, 0.1) is 37.1 Å². The molecule has 0 heterocycles. The Morgan fingerprint density at radius 2 is 2.06 bits per heavy atom. The van der Waals surface area contributed by atoms with E-state index in [2.05, 4.69) is 4.72 Å². The van der Waals surface area contributed by atoms with Crippen molar-refractivity contribution in [2.45, 2.75) is 4.90 Å². The molecule has 1 rings (SSSR count). The highest BCUT2D eigenvalue weighted by Gasteiger charge is 2.15. The van der Waals surface area contributed by atoms with E-state index in [0.29, 0.717) is 13.1 Å². The maximum atomic E-state index is 12.9. The van der Waals surface area contributed by atoms with E-state index in [9.17, 15) is 12.8 Å². The molecule has 0 bridgehead atoms. The molecule has 0 saturated carbocycles. The van der Waals surface area contributed by atoms with E-state index in [1.54, 1.807) is 0 Å². The van der Waals surface area contributed by atoms with Gasteiger partial charge in [-0.05, 0) is 18.2 Å². The van der Waals surface area contributed by atoms with Crippen molar-refractivity contribution in [3.8, 4) is 0 Å². The lowest BCUT2D eigenvalue weighted by Crippen LogP contribution is -3.06. The molecule has 17 heavy (non-hydrogen) atoms. The van der Waals surface area contributed by atoms with Crippen molar-refractivity contribution in [1.82, 2.24) is 4.72 Å². The Labute approximate surface area is 105 Å². The molecule has 0 saturated heterocycles. The average Bonchev–Trinajstić information content (AvgIpc) is 2.21. The summed E-state index contributed by atoms with van der Waals surface area (Å²) >= 11 is 5.53. The van der Waals surface area contributed by atoms with E-state index >= 15 is 0 Å². The lowest BCUT2D eigenvalue weighted by atomic mass is 10.3. The van der Waals surface area contributed by atoms with E-state index in [4.69, 9.17) is 11.6 Å². The predicted molar refractivity (Wildman–Crippen MR) is 64.3 cm³/mol. The number of halogens is 2. The molecule has 2 N–H and O–H groups in total. The highest BCUT2D eigenvalue weighted by atomic mass is 35.5. The summed E-state index contributed by atoms with van der Waals surface area (Å²) in [6.07, 6.45) is 0. The Bertz CT molecular complexity index is 491. The summed E-state index contributed by atoms with van der Waals surface area (Å²) in [7, 11) is 0.230. The highest BCUT2D eigenvalue weighted by Crippen LogP contribution is 2.18. The fraction of sp³-hybridized carbons (Fsp3) is 0.400. The fourth-order valence-electron chi connectivity index (χ4n) is 1.16. The van der Waals surface area contributed by atoms with Gasteiger partial charge in [-0.15, -0.1) is 0 Å². The molecule has 0 atom stereocenters. The van der Waals surface area contributed by atoms with Gasteiger partial charge in [0, 0.05) is 0 Å². The quantitative estimate of drug-likeness (QED) is 0.792. The van der Waals surface area contributed by atoms with Crippen LogP contribution in [0.2, 0.25) is 5.02 Å². The third kappa shape index (κ3) is 4.23. The van der Waals surface area contributed by atoms with Gasteiger partial charge in [-0.2, -0.15) is 0 Å². The second-order valence-corrected chi connectivity index (χ2v) is 6.10. The SMILES string of the molecule is C[NH+](C)CCNS(=O)(=O)c1ccc(F)c(Cl)c1. The number of rotatable bonds is 5. The average molecular weight is 282 g/mol. The molecule has 0 radical (unpaired) electrons. The van der Waals surface area contributed by atoms with Crippen molar-refractivity contribution in [1.29, 1.82) is 0 Å². The van der Waals surface area contributed by atoms with Crippen LogP contribution >= 0.6 is 11.6 Å². The molecule has 0 aliphatic rings. The van der Waals surface area contributed by atoms with Crippen LogP contribution in [0, 0.1) is 5.82 Å². The Morgan fingerprint density at radius 3 is 2.59 bits per heavy atom. The summed E-state index contributed by atoms with van der Waals surface area (Å²) in [5.41, 5.74) is 0. The number of nitrogens with one attached hydrogen (secondary N) is 2. The second-order valence-electron chi connectivity index (χ2n) is 3.93. The van der Waals surface area contributed by atoms with Gasteiger partial charge < -0.3 is 4.90 Å². The smallest absolute Gasteiger partial charge is 0.240 e. The predicted octanol–water partition coefficient (Wildman–Crippen LogP) is -0.0981. The molecular weight excluding hydrogens is 267 g/mol. The third-order valence-corrected chi connectivity index (χ3v) is 3.87. The number of sulfonamides is 1. The summed E-state index contributed by atoms with van der Waals surface area (Å²) in [5.74, 6) is -0.636. The molecule has 0 amide bonds. The monoisotopic (exact) mass is 281 g/mol. The Morgan fingerprint density at radius 1 is 1.41 bits per heavy atom. The molecule has 7 heteroatoms. The lowest BCUT2D eigenvalue weighted by Gasteiger charge is -2.09. The summed E-state index contributed by atoms with van der Waals surface area (Å²) in [5, 5.41) is -0.203. The van der Waals surface area contributed by atoms with Crippen LogP contribution in [0.1, 0.15) is 0 Å². The van der Waals surface area contributed by atoms with Crippen molar-refractivity contribution < 1.29 is 17.7 Å². The van der Waals surface area contributed by atoms with E-state index in [1.807, 2.05) is 14.1 Å². The first-order chi connectivity index (χ1) is 7.83. The van der Waals surface area contributed by atoms with Crippen molar-refractivity contribution in [2.75, 3.05) is 27.2 Å². The Balaban J connectivity index is 2.79. The largest absolute Gasteiger partial charge is 0.339 e. The minimum absolute atomic E-state index is 0.0299. The molecule has 0 aliphatic carbocycles. The van der Waals surface area contributed by atoms with E-state index in [-0.39, 0.29) is 9.92 Å². The van der Waals surface area contributed by atoms with Crippen LogP contribution in [0.5, 0.6) is 0 Å². The van der Waals surface area contributed by atoms with Crippen LogP contribution in [0.4, 0.5) is 4.39 Å². The number of quaternary nitrogens is 1. The number of benzene rings is 1. The summed E-state index contributed by atoms with van der Waals surface area (Å²) in [4.78, 5) is 1.10. The van der Waals surface area contributed by atoms with Crippen LogP contribution in [0.3, 0.4) is 0 Å². The van der Waals surface area contributed by atoms with E-state index in [1.165, 1.54) is 6.07 Å². The number of hydrogen-bond donors (Lipinski definition) is 2. The van der Waals surface area contributed by atoms with E-state index < -0.39 is 15.8 Å². The van der Waals surface area contributed by atoms with Gasteiger partial charge in [0.15, 0.2) is 0 Å². The Kier molecular flexibility index (Phi) is 4.88. The zero-order chi connectivity index (χ0) is 13.1. The van der Waals surface area contributed by atoms with E-state index in [0.717, 1.165) is 17.0 Å². The first-order valence-corrected chi connectivity index (χ1v) is 6.93. The third-order valence-electron chi connectivity index (χ3n) is 2.12. The van der Waals surface area contributed by atoms with Gasteiger partial charge >= 0.3 is 0 Å². The molecule has 0 aromatic heterocycles. The van der Waals surface area contributed by atoms with Crippen LogP contribution in [-0.2, 0) is 10.0 Å². The molecule has 0 fully saturated rings. The standard InChI is InChI=1S/C10H14ClFN2O2S/c1-14(2)6-5-13-17(15,16)8-3-4-10(12)9(11)7-8/h3-4,7,13H,5-6H2,1-2H3/p+1. The van der Waals surface area contributed by atoms with Crippen LogP contribution < -0.4 is 9.62 Å². The first kappa shape index (κ1) is 14.4. The van der Waals surface area contributed by atoms with Crippen LogP contribution in [-0.4, -0.2) is 35.6 Å². The number of likely N-dealkylation sites (N-methyl/N-ethyl adjacent to an activating group) is 1. The molecular formula is C10H15ClFN2O2S+. The Hall–Kier alpha value is -0.690. The van der Waals surface area contributed by atoms with Crippen LogP contribution in [0.25, 0.3) is 0 Å². The first-order valence-electron chi connectivity index (χ1n) is 5.06. The van der Waals surface area contributed by atoms with Gasteiger partial charge in [0.2, 0.25) is 10.0 Å². The fourth-order valence-corrected chi connectivity index (χ4v) is 2.47.